The Hall–Kier alpha value is -2.34. The molecule has 0 saturated carbocycles. The maximum atomic E-state index is 12.2. The minimum atomic E-state index is -3.67. The molecule has 2 N–H and O–H groups in total. The van der Waals surface area contributed by atoms with Gasteiger partial charge in [0.15, 0.2) is 0 Å². The van der Waals surface area contributed by atoms with Crippen LogP contribution in [0.4, 0.5) is 5.69 Å². The average Bonchev–Trinajstić information content (AvgIpc) is 2.47. The fourth-order valence-electron chi connectivity index (χ4n) is 1.80. The van der Waals surface area contributed by atoms with E-state index in [1.54, 1.807) is 24.3 Å². The lowest BCUT2D eigenvalue weighted by Gasteiger charge is -2.08. The lowest BCUT2D eigenvalue weighted by molar-refractivity contribution is 0.0697. The number of hydrogen-bond acceptors (Lipinski definition) is 3. The molecule has 0 heterocycles. The van der Waals surface area contributed by atoms with E-state index >= 15 is 0 Å². The van der Waals surface area contributed by atoms with E-state index in [4.69, 9.17) is 5.11 Å². The van der Waals surface area contributed by atoms with Crippen LogP contribution < -0.4 is 4.72 Å². The van der Waals surface area contributed by atoms with Gasteiger partial charge >= 0.3 is 5.97 Å². The molecule has 0 aromatic heterocycles. The summed E-state index contributed by atoms with van der Waals surface area (Å²) in [5.41, 5.74) is 1.48. The van der Waals surface area contributed by atoms with Gasteiger partial charge in [0.25, 0.3) is 10.0 Å². The second kappa shape index (κ2) is 5.97. The van der Waals surface area contributed by atoms with E-state index < -0.39 is 16.0 Å². The van der Waals surface area contributed by atoms with Crippen LogP contribution in [0.3, 0.4) is 0 Å². The molecule has 0 aliphatic rings. The van der Waals surface area contributed by atoms with Crippen LogP contribution in [-0.4, -0.2) is 19.5 Å². The Kier molecular flexibility index (Phi) is 4.28. The molecule has 0 aliphatic carbocycles. The van der Waals surface area contributed by atoms with Crippen LogP contribution in [0.15, 0.2) is 53.4 Å². The van der Waals surface area contributed by atoms with Gasteiger partial charge in [-0.25, -0.2) is 13.2 Å². The molecular weight excluding hydrogens is 290 g/mol. The fourth-order valence-corrected chi connectivity index (χ4v) is 2.86. The highest BCUT2D eigenvalue weighted by molar-refractivity contribution is 7.92. The first kappa shape index (κ1) is 15.1. The quantitative estimate of drug-likeness (QED) is 0.889. The minimum absolute atomic E-state index is 0.102. The van der Waals surface area contributed by atoms with Gasteiger partial charge in [-0.3, -0.25) is 4.72 Å². The Morgan fingerprint density at radius 3 is 2.10 bits per heavy atom. The largest absolute Gasteiger partial charge is 0.478 e. The standard InChI is InChI=1S/C15H15NO4S/c1-2-11-3-9-14(10-4-11)21(19,20)16-13-7-5-12(6-8-13)15(17)18/h3-10,16H,2H2,1H3,(H,17,18). The average molecular weight is 305 g/mol. The summed E-state index contributed by atoms with van der Waals surface area (Å²) in [6, 6.07) is 12.2. The number of anilines is 1. The number of carbonyl (C=O) groups is 1. The summed E-state index contributed by atoms with van der Waals surface area (Å²) in [5.74, 6) is -1.06. The van der Waals surface area contributed by atoms with E-state index in [2.05, 4.69) is 4.72 Å². The highest BCUT2D eigenvalue weighted by atomic mass is 32.2. The number of carboxylic acids is 1. The Morgan fingerprint density at radius 1 is 1.05 bits per heavy atom. The number of carboxylic acid groups (broad SMARTS) is 1. The zero-order valence-corrected chi connectivity index (χ0v) is 12.2. The molecule has 110 valence electrons. The van der Waals surface area contributed by atoms with E-state index in [1.807, 2.05) is 6.92 Å². The van der Waals surface area contributed by atoms with Gasteiger partial charge in [-0.1, -0.05) is 19.1 Å². The number of aromatic carboxylic acids is 1. The van der Waals surface area contributed by atoms with Crippen LogP contribution in [0, 0.1) is 0 Å². The second-order valence-electron chi connectivity index (χ2n) is 4.49. The number of hydrogen-bond donors (Lipinski definition) is 2. The first-order valence-electron chi connectivity index (χ1n) is 6.37. The molecule has 0 saturated heterocycles. The van der Waals surface area contributed by atoms with E-state index in [0.717, 1.165) is 12.0 Å². The SMILES string of the molecule is CCc1ccc(S(=O)(=O)Nc2ccc(C(=O)O)cc2)cc1. The smallest absolute Gasteiger partial charge is 0.335 e. The Labute approximate surface area is 123 Å². The topological polar surface area (TPSA) is 83.5 Å². The Balaban J connectivity index is 2.21. The van der Waals surface area contributed by atoms with Gasteiger partial charge in [0.2, 0.25) is 0 Å². The van der Waals surface area contributed by atoms with Gasteiger partial charge in [-0.2, -0.15) is 0 Å². The van der Waals surface area contributed by atoms with Crippen molar-refractivity contribution in [2.24, 2.45) is 0 Å². The molecular formula is C15H15NO4S. The third kappa shape index (κ3) is 3.61. The first-order chi connectivity index (χ1) is 9.92. The summed E-state index contributed by atoms with van der Waals surface area (Å²) < 4.78 is 26.8. The normalized spacial score (nSPS) is 11.1. The molecule has 2 aromatic rings. The number of rotatable bonds is 5. The van der Waals surface area contributed by atoms with Crippen LogP contribution in [0.2, 0.25) is 0 Å². The molecule has 21 heavy (non-hydrogen) atoms. The van der Waals surface area contributed by atoms with Gasteiger partial charge < -0.3 is 5.11 Å². The first-order valence-corrected chi connectivity index (χ1v) is 7.86. The summed E-state index contributed by atoms with van der Waals surface area (Å²) in [4.78, 5) is 10.9. The molecule has 2 aromatic carbocycles. The summed E-state index contributed by atoms with van der Waals surface area (Å²) >= 11 is 0. The molecule has 0 radical (unpaired) electrons. The molecule has 0 aliphatic heterocycles. The maximum Gasteiger partial charge on any atom is 0.335 e. The van der Waals surface area contributed by atoms with Crippen LogP contribution >= 0.6 is 0 Å². The predicted octanol–water partition coefficient (Wildman–Crippen LogP) is 2.75. The van der Waals surface area contributed by atoms with E-state index in [9.17, 15) is 13.2 Å². The third-order valence-corrected chi connectivity index (χ3v) is 4.42. The number of benzene rings is 2. The van der Waals surface area contributed by atoms with Crippen LogP contribution in [0.1, 0.15) is 22.8 Å². The number of sulfonamides is 1. The van der Waals surface area contributed by atoms with Crippen molar-refractivity contribution in [3.8, 4) is 0 Å². The Morgan fingerprint density at radius 2 is 1.62 bits per heavy atom. The molecule has 0 fully saturated rings. The van der Waals surface area contributed by atoms with Crippen molar-refractivity contribution < 1.29 is 18.3 Å². The van der Waals surface area contributed by atoms with E-state index in [-0.39, 0.29) is 10.5 Å². The summed E-state index contributed by atoms with van der Waals surface area (Å²) in [5, 5.41) is 8.80. The highest BCUT2D eigenvalue weighted by Gasteiger charge is 2.14. The number of aryl methyl sites for hydroxylation is 1. The lowest BCUT2D eigenvalue weighted by atomic mass is 10.2. The minimum Gasteiger partial charge on any atom is -0.478 e. The molecule has 0 atom stereocenters. The van der Waals surface area contributed by atoms with Crippen LogP contribution in [-0.2, 0) is 16.4 Å². The van der Waals surface area contributed by atoms with Crippen molar-refractivity contribution in [3.63, 3.8) is 0 Å². The molecule has 2 rings (SSSR count). The van der Waals surface area contributed by atoms with Gasteiger partial charge in [-0.15, -0.1) is 0 Å². The Bertz CT molecular complexity index is 734. The van der Waals surface area contributed by atoms with Crippen molar-refractivity contribution in [2.75, 3.05) is 4.72 Å². The summed E-state index contributed by atoms with van der Waals surface area (Å²) in [6.07, 6.45) is 0.838. The highest BCUT2D eigenvalue weighted by Crippen LogP contribution is 2.17. The van der Waals surface area contributed by atoms with Gasteiger partial charge in [-0.05, 0) is 48.4 Å². The summed E-state index contributed by atoms with van der Waals surface area (Å²) in [6.45, 7) is 1.99. The van der Waals surface area contributed by atoms with Crippen molar-refractivity contribution in [2.45, 2.75) is 18.2 Å². The van der Waals surface area contributed by atoms with Crippen LogP contribution in [0.5, 0.6) is 0 Å². The van der Waals surface area contributed by atoms with Crippen LogP contribution in [0.25, 0.3) is 0 Å². The predicted molar refractivity (Wildman–Crippen MR) is 80.0 cm³/mol. The maximum absolute atomic E-state index is 12.2. The van der Waals surface area contributed by atoms with E-state index in [0.29, 0.717) is 5.69 Å². The van der Waals surface area contributed by atoms with Crippen molar-refractivity contribution >= 4 is 21.7 Å². The van der Waals surface area contributed by atoms with Crippen molar-refractivity contribution in [1.82, 2.24) is 0 Å². The zero-order valence-electron chi connectivity index (χ0n) is 11.4. The van der Waals surface area contributed by atoms with Crippen molar-refractivity contribution in [1.29, 1.82) is 0 Å². The molecule has 5 nitrogen and oxygen atoms in total. The van der Waals surface area contributed by atoms with Gasteiger partial charge in [0.1, 0.15) is 0 Å². The lowest BCUT2D eigenvalue weighted by Crippen LogP contribution is -2.13. The number of nitrogens with one attached hydrogen (secondary N) is 1. The molecule has 6 heteroatoms. The summed E-state index contributed by atoms with van der Waals surface area (Å²) in [7, 11) is -3.67. The second-order valence-corrected chi connectivity index (χ2v) is 6.17. The molecule has 0 bridgehead atoms. The van der Waals surface area contributed by atoms with Gasteiger partial charge in [0.05, 0.1) is 10.5 Å². The molecule has 0 unspecified atom stereocenters. The monoisotopic (exact) mass is 305 g/mol. The third-order valence-electron chi connectivity index (χ3n) is 3.03. The zero-order chi connectivity index (χ0) is 15.5. The van der Waals surface area contributed by atoms with Gasteiger partial charge in [0, 0.05) is 5.69 Å². The van der Waals surface area contributed by atoms with E-state index in [1.165, 1.54) is 24.3 Å². The molecule has 0 spiro atoms. The molecule has 0 amide bonds. The van der Waals surface area contributed by atoms with Crippen molar-refractivity contribution in [3.05, 3.63) is 59.7 Å². The fraction of sp³-hybridized carbons (Fsp3) is 0.133.